The van der Waals surface area contributed by atoms with E-state index in [1.807, 2.05) is 18.2 Å². The van der Waals surface area contributed by atoms with Gasteiger partial charge in [-0.25, -0.2) is 4.98 Å². The van der Waals surface area contributed by atoms with Gasteiger partial charge in [0, 0.05) is 17.7 Å². The quantitative estimate of drug-likeness (QED) is 0.856. The molecule has 2 fully saturated rings. The zero-order valence-corrected chi connectivity index (χ0v) is 12.0. The second-order valence-electron chi connectivity index (χ2n) is 5.56. The number of hydrogen-bond acceptors (Lipinski definition) is 5. The second-order valence-corrected chi connectivity index (χ2v) is 6.50. The minimum absolute atomic E-state index is 0.574. The maximum absolute atomic E-state index is 5.71. The van der Waals surface area contributed by atoms with Crippen LogP contribution in [0.2, 0.25) is 0 Å². The number of hydrogen-bond donors (Lipinski definition) is 1. The van der Waals surface area contributed by atoms with Crippen LogP contribution in [0.15, 0.2) is 23.4 Å². The molecule has 2 heterocycles. The van der Waals surface area contributed by atoms with E-state index >= 15 is 0 Å². The van der Waals surface area contributed by atoms with Gasteiger partial charge in [0.25, 0.3) is 0 Å². The zero-order chi connectivity index (χ0) is 13.5. The maximum atomic E-state index is 5.71. The van der Waals surface area contributed by atoms with Crippen molar-refractivity contribution in [3.8, 4) is 0 Å². The summed E-state index contributed by atoms with van der Waals surface area (Å²) in [7, 11) is 0. The van der Waals surface area contributed by atoms with Crippen LogP contribution in [0.25, 0.3) is 0 Å². The highest BCUT2D eigenvalue weighted by atomic mass is 32.2. The van der Waals surface area contributed by atoms with E-state index in [9.17, 15) is 0 Å². The van der Waals surface area contributed by atoms with E-state index in [1.54, 1.807) is 11.8 Å². The van der Waals surface area contributed by atoms with E-state index in [2.05, 4.69) is 19.7 Å². The van der Waals surface area contributed by atoms with Gasteiger partial charge in [-0.15, -0.1) is 10.2 Å². The minimum atomic E-state index is 0.574. The van der Waals surface area contributed by atoms with Crippen LogP contribution in [0, 0.1) is 0 Å². The fourth-order valence-electron chi connectivity index (χ4n) is 2.40. The summed E-state index contributed by atoms with van der Waals surface area (Å²) in [6, 6.07) is 6.39. The molecular weight excluding hydrogens is 270 g/mol. The molecule has 2 aliphatic rings. The molecule has 0 radical (unpaired) electrons. The molecule has 0 aromatic carbocycles. The van der Waals surface area contributed by atoms with Gasteiger partial charge in [-0.3, -0.25) is 0 Å². The number of pyridine rings is 1. The van der Waals surface area contributed by atoms with Crippen molar-refractivity contribution in [3.63, 3.8) is 0 Å². The summed E-state index contributed by atoms with van der Waals surface area (Å²) in [5.41, 5.74) is 6.71. The third-order valence-electron chi connectivity index (χ3n) is 3.72. The molecule has 0 amide bonds. The first-order valence-electron chi connectivity index (χ1n) is 7.10. The Kier molecular flexibility index (Phi) is 2.91. The van der Waals surface area contributed by atoms with Crippen molar-refractivity contribution in [2.24, 2.45) is 0 Å². The summed E-state index contributed by atoms with van der Waals surface area (Å²) in [5, 5.41) is 9.85. The van der Waals surface area contributed by atoms with Crippen LogP contribution in [0.1, 0.15) is 49.2 Å². The Balaban J connectivity index is 1.53. The monoisotopic (exact) mass is 287 g/mol. The van der Waals surface area contributed by atoms with Gasteiger partial charge >= 0.3 is 0 Å². The van der Waals surface area contributed by atoms with E-state index in [4.69, 9.17) is 5.73 Å². The molecule has 0 saturated heterocycles. The highest BCUT2D eigenvalue weighted by Crippen LogP contribution is 2.46. The van der Waals surface area contributed by atoms with E-state index in [0.29, 0.717) is 17.8 Å². The van der Waals surface area contributed by atoms with Crippen molar-refractivity contribution in [1.82, 2.24) is 19.7 Å². The molecule has 4 rings (SSSR count). The number of thioether (sulfide) groups is 1. The molecule has 6 heteroatoms. The number of anilines is 1. The summed E-state index contributed by atoms with van der Waals surface area (Å²) >= 11 is 1.71. The van der Waals surface area contributed by atoms with Gasteiger partial charge < -0.3 is 10.3 Å². The van der Waals surface area contributed by atoms with E-state index in [1.165, 1.54) is 31.5 Å². The number of nitrogens with zero attached hydrogens (tertiary/aromatic N) is 4. The molecule has 5 nitrogen and oxygen atoms in total. The largest absolute Gasteiger partial charge is 0.384 e. The maximum Gasteiger partial charge on any atom is 0.191 e. The number of aromatic nitrogens is 4. The van der Waals surface area contributed by atoms with Gasteiger partial charge in [0.2, 0.25) is 0 Å². The highest BCUT2D eigenvalue weighted by molar-refractivity contribution is 7.98. The predicted molar refractivity (Wildman–Crippen MR) is 78.5 cm³/mol. The number of nitrogen functional groups attached to an aromatic ring is 1. The standard InChI is InChI=1S/C14H17N5S/c15-12-3-1-2-10(16-12)8-20-14-18-17-13(9-4-5-9)19(14)11-6-7-11/h1-3,9,11H,4-8H2,(H2,15,16). The highest BCUT2D eigenvalue weighted by Gasteiger charge is 2.36. The lowest BCUT2D eigenvalue weighted by Gasteiger charge is -2.07. The molecule has 0 atom stereocenters. The summed E-state index contributed by atoms with van der Waals surface area (Å²) in [6.07, 6.45) is 5.07. The molecule has 2 N–H and O–H groups in total. The van der Waals surface area contributed by atoms with Gasteiger partial charge in [-0.1, -0.05) is 17.8 Å². The van der Waals surface area contributed by atoms with Gasteiger partial charge in [0.15, 0.2) is 5.16 Å². The normalized spacial score (nSPS) is 18.4. The predicted octanol–water partition coefficient (Wildman–Crippen LogP) is 2.76. The van der Waals surface area contributed by atoms with Crippen LogP contribution < -0.4 is 5.73 Å². The topological polar surface area (TPSA) is 69.6 Å². The van der Waals surface area contributed by atoms with Crippen LogP contribution >= 0.6 is 11.8 Å². The van der Waals surface area contributed by atoms with E-state index < -0.39 is 0 Å². The Labute approximate surface area is 122 Å². The third-order valence-corrected chi connectivity index (χ3v) is 4.70. The summed E-state index contributed by atoms with van der Waals surface area (Å²) in [6.45, 7) is 0. The summed E-state index contributed by atoms with van der Waals surface area (Å²) in [4.78, 5) is 4.33. The fraction of sp³-hybridized carbons (Fsp3) is 0.500. The van der Waals surface area contributed by atoms with Crippen molar-refractivity contribution in [3.05, 3.63) is 29.7 Å². The van der Waals surface area contributed by atoms with Crippen LogP contribution in [0.4, 0.5) is 5.82 Å². The lowest BCUT2D eigenvalue weighted by atomic mass is 10.4. The Bertz CT molecular complexity index is 630. The first kappa shape index (κ1) is 12.2. The molecule has 2 aliphatic carbocycles. The molecule has 0 spiro atoms. The molecule has 2 aromatic heterocycles. The average molecular weight is 287 g/mol. The zero-order valence-electron chi connectivity index (χ0n) is 11.2. The summed E-state index contributed by atoms with van der Waals surface area (Å²) in [5.74, 6) is 3.23. The Hall–Kier alpha value is -1.56. The lowest BCUT2D eigenvalue weighted by Crippen LogP contribution is -2.02. The van der Waals surface area contributed by atoms with Crippen LogP contribution in [0.3, 0.4) is 0 Å². The lowest BCUT2D eigenvalue weighted by molar-refractivity contribution is 0.627. The number of nitrogens with two attached hydrogens (primary N) is 1. The molecular formula is C14H17N5S. The van der Waals surface area contributed by atoms with Crippen molar-refractivity contribution < 1.29 is 0 Å². The van der Waals surface area contributed by atoms with Gasteiger partial charge in [-0.2, -0.15) is 0 Å². The van der Waals surface area contributed by atoms with Crippen molar-refractivity contribution in [2.45, 2.75) is 48.6 Å². The molecule has 2 aromatic rings. The Morgan fingerprint density at radius 1 is 1.20 bits per heavy atom. The van der Waals surface area contributed by atoms with Gasteiger partial charge in [-0.05, 0) is 37.8 Å². The van der Waals surface area contributed by atoms with Crippen LogP contribution in [-0.2, 0) is 5.75 Å². The van der Waals surface area contributed by atoms with Crippen molar-refractivity contribution >= 4 is 17.6 Å². The third kappa shape index (κ3) is 2.40. The molecule has 20 heavy (non-hydrogen) atoms. The Morgan fingerprint density at radius 2 is 2.05 bits per heavy atom. The first-order chi connectivity index (χ1) is 9.81. The molecule has 0 aliphatic heterocycles. The van der Waals surface area contributed by atoms with Gasteiger partial charge in [0.1, 0.15) is 11.6 Å². The average Bonchev–Trinajstić information content (AvgIpc) is 3.35. The Morgan fingerprint density at radius 3 is 2.75 bits per heavy atom. The van der Waals surface area contributed by atoms with Crippen LogP contribution in [-0.4, -0.2) is 19.7 Å². The summed E-state index contributed by atoms with van der Waals surface area (Å²) < 4.78 is 2.37. The molecule has 0 bridgehead atoms. The van der Waals surface area contributed by atoms with Crippen molar-refractivity contribution in [1.29, 1.82) is 0 Å². The van der Waals surface area contributed by atoms with Crippen molar-refractivity contribution in [2.75, 3.05) is 5.73 Å². The van der Waals surface area contributed by atoms with Crippen LogP contribution in [0.5, 0.6) is 0 Å². The molecule has 104 valence electrons. The van der Waals surface area contributed by atoms with E-state index in [0.717, 1.165) is 16.6 Å². The van der Waals surface area contributed by atoms with Gasteiger partial charge in [0.05, 0.1) is 5.69 Å². The molecule has 2 saturated carbocycles. The second kappa shape index (κ2) is 4.77. The molecule has 0 unspecified atom stereocenters. The fourth-order valence-corrected chi connectivity index (χ4v) is 3.32. The van der Waals surface area contributed by atoms with E-state index in [-0.39, 0.29) is 0 Å². The minimum Gasteiger partial charge on any atom is -0.384 e. The number of rotatable bonds is 5. The SMILES string of the molecule is Nc1cccc(CSc2nnc(C3CC3)n2C2CC2)n1. The smallest absolute Gasteiger partial charge is 0.191 e. The first-order valence-corrected chi connectivity index (χ1v) is 8.09.